The highest BCUT2D eigenvalue weighted by molar-refractivity contribution is 6.03. The van der Waals surface area contributed by atoms with E-state index in [1.807, 2.05) is 17.9 Å². The van der Waals surface area contributed by atoms with Crippen LogP contribution in [0.4, 0.5) is 5.69 Å². The lowest BCUT2D eigenvalue weighted by atomic mass is 10.0. The second kappa shape index (κ2) is 9.52. The fraction of sp³-hybridized carbons (Fsp3) is 0.429. The van der Waals surface area contributed by atoms with Gasteiger partial charge in [-0.15, -0.1) is 0 Å². The van der Waals surface area contributed by atoms with E-state index in [1.165, 1.54) is 6.26 Å². The largest absolute Gasteiger partial charge is 0.459 e. The van der Waals surface area contributed by atoms with Crippen molar-refractivity contribution in [3.63, 3.8) is 0 Å². The van der Waals surface area contributed by atoms with E-state index in [-0.39, 0.29) is 23.7 Å². The van der Waals surface area contributed by atoms with E-state index in [0.717, 1.165) is 24.8 Å². The molecule has 150 valence electrons. The Hall–Kier alpha value is -2.64. The van der Waals surface area contributed by atoms with Crippen molar-refractivity contribution in [3.8, 4) is 0 Å². The van der Waals surface area contributed by atoms with Crippen molar-refractivity contribution in [2.45, 2.75) is 32.3 Å². The average molecular weight is 385 g/mol. The first kappa shape index (κ1) is 20.1. The van der Waals surface area contributed by atoms with Gasteiger partial charge in [0.1, 0.15) is 0 Å². The van der Waals surface area contributed by atoms with Crippen molar-refractivity contribution in [2.24, 2.45) is 5.73 Å². The number of likely N-dealkylation sites (tertiary alicyclic amines) is 1. The second-order valence-electron chi connectivity index (χ2n) is 6.97. The molecule has 2 heterocycles. The standard InChI is InChI=1S/C21H27N3O4/c1-15-5-6-16(14-18(15)23-20(25)19-4-2-12-28-19)21(26)24-10-7-17(8-11-24)27-13-3-9-22/h2,4-6,12,14,17H,3,7-11,13,22H2,1H3,(H,23,25). The van der Waals surface area contributed by atoms with Gasteiger partial charge in [0.25, 0.3) is 11.8 Å². The normalized spacial score (nSPS) is 14.9. The number of benzene rings is 1. The molecule has 1 aromatic heterocycles. The maximum atomic E-state index is 12.9. The molecule has 1 aromatic carbocycles. The number of nitrogens with zero attached hydrogens (tertiary/aromatic N) is 1. The second-order valence-corrected chi connectivity index (χ2v) is 6.97. The predicted molar refractivity (Wildman–Crippen MR) is 106 cm³/mol. The monoisotopic (exact) mass is 385 g/mol. The summed E-state index contributed by atoms with van der Waals surface area (Å²) in [5.41, 5.74) is 7.53. The maximum Gasteiger partial charge on any atom is 0.291 e. The lowest BCUT2D eigenvalue weighted by Gasteiger charge is -2.32. The Balaban J connectivity index is 1.61. The summed E-state index contributed by atoms with van der Waals surface area (Å²) in [6.07, 6.45) is 4.14. The quantitative estimate of drug-likeness (QED) is 0.714. The van der Waals surface area contributed by atoms with Gasteiger partial charge in [-0.1, -0.05) is 6.07 Å². The minimum Gasteiger partial charge on any atom is -0.459 e. The third-order valence-electron chi connectivity index (χ3n) is 4.91. The van der Waals surface area contributed by atoms with Crippen molar-refractivity contribution in [1.82, 2.24) is 4.90 Å². The summed E-state index contributed by atoms with van der Waals surface area (Å²) in [6.45, 7) is 4.51. The van der Waals surface area contributed by atoms with Crippen molar-refractivity contribution in [2.75, 3.05) is 31.6 Å². The van der Waals surface area contributed by atoms with Crippen molar-refractivity contribution >= 4 is 17.5 Å². The van der Waals surface area contributed by atoms with Gasteiger partial charge in [-0.05, 0) is 62.6 Å². The molecule has 1 fully saturated rings. The number of amides is 2. The smallest absolute Gasteiger partial charge is 0.291 e. The van der Waals surface area contributed by atoms with Gasteiger partial charge in [-0.2, -0.15) is 0 Å². The van der Waals surface area contributed by atoms with Crippen LogP contribution in [-0.4, -0.2) is 49.1 Å². The van der Waals surface area contributed by atoms with Crippen molar-refractivity contribution < 1.29 is 18.7 Å². The Labute approximate surface area is 164 Å². The molecule has 3 rings (SSSR count). The number of carbonyl (C=O) groups is 2. The number of hydrogen-bond donors (Lipinski definition) is 2. The molecule has 2 aromatic rings. The molecule has 2 amide bonds. The number of aryl methyl sites for hydroxylation is 1. The van der Waals surface area contributed by atoms with E-state index in [1.54, 1.807) is 24.3 Å². The van der Waals surface area contributed by atoms with E-state index >= 15 is 0 Å². The third-order valence-corrected chi connectivity index (χ3v) is 4.91. The molecule has 0 aliphatic carbocycles. The van der Waals surface area contributed by atoms with Crippen molar-refractivity contribution in [1.29, 1.82) is 0 Å². The Morgan fingerprint density at radius 2 is 2.07 bits per heavy atom. The number of anilines is 1. The molecule has 28 heavy (non-hydrogen) atoms. The van der Waals surface area contributed by atoms with E-state index in [4.69, 9.17) is 14.9 Å². The summed E-state index contributed by atoms with van der Waals surface area (Å²) < 4.78 is 10.9. The minimum atomic E-state index is -0.340. The highest BCUT2D eigenvalue weighted by Crippen LogP contribution is 2.21. The molecular weight excluding hydrogens is 358 g/mol. The Morgan fingerprint density at radius 1 is 1.29 bits per heavy atom. The first-order valence-electron chi connectivity index (χ1n) is 9.65. The van der Waals surface area contributed by atoms with E-state index in [0.29, 0.717) is 37.5 Å². The molecule has 0 radical (unpaired) electrons. The summed E-state index contributed by atoms with van der Waals surface area (Å²) in [5.74, 6) is -0.144. The van der Waals surface area contributed by atoms with Gasteiger partial charge in [0.15, 0.2) is 5.76 Å². The van der Waals surface area contributed by atoms with Gasteiger partial charge < -0.3 is 25.1 Å². The van der Waals surface area contributed by atoms with Crippen LogP contribution in [0.2, 0.25) is 0 Å². The fourth-order valence-electron chi connectivity index (χ4n) is 3.22. The fourth-order valence-corrected chi connectivity index (χ4v) is 3.22. The molecule has 0 saturated carbocycles. The highest BCUT2D eigenvalue weighted by Gasteiger charge is 2.24. The summed E-state index contributed by atoms with van der Waals surface area (Å²) in [7, 11) is 0. The Bertz CT molecular complexity index is 796. The van der Waals surface area contributed by atoms with Crippen LogP contribution in [0.1, 0.15) is 45.7 Å². The zero-order valence-corrected chi connectivity index (χ0v) is 16.1. The maximum absolute atomic E-state index is 12.9. The molecule has 7 nitrogen and oxygen atoms in total. The van der Waals surface area contributed by atoms with Crippen LogP contribution in [0.15, 0.2) is 41.0 Å². The first-order chi connectivity index (χ1) is 13.6. The molecule has 1 aliphatic heterocycles. The van der Waals surface area contributed by atoms with Gasteiger partial charge in [0.05, 0.1) is 12.4 Å². The van der Waals surface area contributed by atoms with Gasteiger partial charge >= 0.3 is 0 Å². The van der Waals surface area contributed by atoms with Gasteiger partial charge in [-0.3, -0.25) is 9.59 Å². The summed E-state index contributed by atoms with van der Waals surface area (Å²) in [5, 5.41) is 2.81. The van der Waals surface area contributed by atoms with Crippen LogP contribution in [0.5, 0.6) is 0 Å². The van der Waals surface area contributed by atoms with Crippen LogP contribution in [0.25, 0.3) is 0 Å². The number of rotatable bonds is 7. The topological polar surface area (TPSA) is 97.8 Å². The average Bonchev–Trinajstić information content (AvgIpc) is 3.25. The highest BCUT2D eigenvalue weighted by atomic mass is 16.5. The van der Waals surface area contributed by atoms with Crippen molar-refractivity contribution in [3.05, 3.63) is 53.5 Å². The van der Waals surface area contributed by atoms with Gasteiger partial charge in [0, 0.05) is 30.9 Å². The molecule has 1 aliphatic rings. The predicted octanol–water partition coefficient (Wildman–Crippen LogP) is 2.81. The minimum absolute atomic E-state index is 0.0334. The number of furan rings is 1. The summed E-state index contributed by atoms with van der Waals surface area (Å²) >= 11 is 0. The van der Waals surface area contributed by atoms with Crippen LogP contribution in [0, 0.1) is 6.92 Å². The molecule has 0 bridgehead atoms. The lowest BCUT2D eigenvalue weighted by Crippen LogP contribution is -2.41. The molecule has 0 atom stereocenters. The van der Waals surface area contributed by atoms with Crippen LogP contribution in [-0.2, 0) is 4.74 Å². The Kier molecular flexibility index (Phi) is 6.84. The molecular formula is C21H27N3O4. The number of ether oxygens (including phenoxy) is 1. The van der Waals surface area contributed by atoms with Gasteiger partial charge in [0.2, 0.25) is 0 Å². The zero-order valence-electron chi connectivity index (χ0n) is 16.1. The number of nitrogens with two attached hydrogens (primary N) is 1. The van der Waals surface area contributed by atoms with Crippen LogP contribution < -0.4 is 11.1 Å². The number of carbonyl (C=O) groups excluding carboxylic acids is 2. The lowest BCUT2D eigenvalue weighted by molar-refractivity contribution is 0.00844. The van der Waals surface area contributed by atoms with Gasteiger partial charge in [-0.25, -0.2) is 0 Å². The number of piperidine rings is 1. The van der Waals surface area contributed by atoms with E-state index in [2.05, 4.69) is 5.32 Å². The molecule has 7 heteroatoms. The molecule has 3 N–H and O–H groups in total. The summed E-state index contributed by atoms with van der Waals surface area (Å²) in [4.78, 5) is 27.0. The molecule has 0 unspecified atom stereocenters. The molecule has 0 spiro atoms. The summed E-state index contributed by atoms with van der Waals surface area (Å²) in [6, 6.07) is 8.62. The van der Waals surface area contributed by atoms with Crippen LogP contribution in [0.3, 0.4) is 0 Å². The Morgan fingerprint density at radius 3 is 2.75 bits per heavy atom. The van der Waals surface area contributed by atoms with Crippen LogP contribution >= 0.6 is 0 Å². The van der Waals surface area contributed by atoms with E-state index in [9.17, 15) is 9.59 Å². The SMILES string of the molecule is Cc1ccc(C(=O)N2CCC(OCCCN)CC2)cc1NC(=O)c1ccco1. The third kappa shape index (κ3) is 4.99. The first-order valence-corrected chi connectivity index (χ1v) is 9.65. The number of hydrogen-bond acceptors (Lipinski definition) is 5. The number of nitrogens with one attached hydrogen (secondary N) is 1. The molecule has 1 saturated heterocycles. The van der Waals surface area contributed by atoms with E-state index < -0.39 is 0 Å². The zero-order chi connectivity index (χ0) is 19.9.